The van der Waals surface area contributed by atoms with Crippen molar-refractivity contribution in [3.05, 3.63) is 24.2 Å². The Morgan fingerprint density at radius 3 is 2.62 bits per heavy atom. The summed E-state index contributed by atoms with van der Waals surface area (Å²) in [6.07, 6.45) is 1.54. The lowest BCUT2D eigenvalue weighted by atomic mass is 9.89. The summed E-state index contributed by atoms with van der Waals surface area (Å²) in [4.78, 5) is 0. The van der Waals surface area contributed by atoms with Crippen LogP contribution in [0.2, 0.25) is 0 Å². The van der Waals surface area contributed by atoms with Gasteiger partial charge in [-0.2, -0.15) is 0 Å². The van der Waals surface area contributed by atoms with Gasteiger partial charge in [0.2, 0.25) is 0 Å². The fraction of sp³-hybridized carbons (Fsp3) is 0.500. The highest BCUT2D eigenvalue weighted by Crippen LogP contribution is 2.35. The Labute approximate surface area is 76.6 Å². The molecule has 0 unspecified atom stereocenters. The molecule has 13 heavy (non-hydrogen) atoms. The summed E-state index contributed by atoms with van der Waals surface area (Å²) in [7, 11) is -2.87. The van der Waals surface area contributed by atoms with Crippen LogP contribution in [0.3, 0.4) is 0 Å². The molecule has 0 bridgehead atoms. The van der Waals surface area contributed by atoms with Gasteiger partial charge >= 0.3 is 0 Å². The van der Waals surface area contributed by atoms with E-state index in [2.05, 4.69) is 0 Å². The van der Waals surface area contributed by atoms with Gasteiger partial charge in [-0.05, 0) is 12.1 Å². The third kappa shape index (κ3) is 1.28. The maximum Gasteiger partial charge on any atom is 0.152 e. The summed E-state index contributed by atoms with van der Waals surface area (Å²) in [5.74, 6) is 0.915. The second-order valence-corrected chi connectivity index (χ2v) is 5.56. The molecule has 2 heterocycles. The van der Waals surface area contributed by atoms with E-state index in [9.17, 15) is 8.42 Å². The largest absolute Gasteiger partial charge is 0.469 e. The molecule has 5 heteroatoms. The molecule has 2 rings (SSSR count). The first-order valence-electron chi connectivity index (χ1n) is 4.02. The minimum atomic E-state index is -2.87. The van der Waals surface area contributed by atoms with Gasteiger partial charge < -0.3 is 10.2 Å². The van der Waals surface area contributed by atoms with Crippen LogP contribution in [0.4, 0.5) is 0 Å². The van der Waals surface area contributed by atoms with E-state index in [1.54, 1.807) is 12.1 Å². The Morgan fingerprint density at radius 2 is 2.23 bits per heavy atom. The van der Waals surface area contributed by atoms with Crippen LogP contribution in [-0.4, -0.2) is 26.5 Å². The molecule has 1 aromatic heterocycles. The Balaban J connectivity index is 2.31. The van der Waals surface area contributed by atoms with Crippen LogP contribution in [0.15, 0.2) is 22.8 Å². The summed E-state index contributed by atoms with van der Waals surface area (Å²) in [6, 6.07) is 3.53. The molecule has 0 atom stereocenters. The van der Waals surface area contributed by atoms with E-state index in [1.165, 1.54) is 6.26 Å². The van der Waals surface area contributed by atoms with Crippen molar-refractivity contribution in [3.63, 3.8) is 0 Å². The molecule has 0 aliphatic carbocycles. The molecule has 72 valence electrons. The van der Waals surface area contributed by atoms with E-state index in [1.807, 2.05) is 0 Å². The minimum Gasteiger partial charge on any atom is -0.469 e. The van der Waals surface area contributed by atoms with Crippen molar-refractivity contribution in [3.8, 4) is 0 Å². The maximum absolute atomic E-state index is 11.1. The predicted molar refractivity (Wildman–Crippen MR) is 48.1 cm³/mol. The highest BCUT2D eigenvalue weighted by molar-refractivity contribution is 7.93. The first kappa shape index (κ1) is 8.77. The fourth-order valence-corrected chi connectivity index (χ4v) is 3.86. The van der Waals surface area contributed by atoms with Crippen LogP contribution in [-0.2, 0) is 15.3 Å². The van der Waals surface area contributed by atoms with Gasteiger partial charge in [-0.25, -0.2) is 8.42 Å². The monoisotopic (exact) mass is 201 g/mol. The Hall–Kier alpha value is -0.810. The van der Waals surface area contributed by atoms with Gasteiger partial charge in [0.25, 0.3) is 0 Å². The lowest BCUT2D eigenvalue weighted by Gasteiger charge is -2.38. The number of rotatable bonds is 2. The normalized spacial score (nSPS) is 23.8. The lowest BCUT2D eigenvalue weighted by molar-refractivity contribution is 0.367. The molecule has 0 amide bonds. The summed E-state index contributed by atoms with van der Waals surface area (Å²) in [5.41, 5.74) is 5.10. The molecule has 4 nitrogen and oxygen atoms in total. The number of hydrogen-bond donors (Lipinski definition) is 1. The van der Waals surface area contributed by atoms with E-state index in [-0.39, 0.29) is 11.5 Å². The van der Waals surface area contributed by atoms with Gasteiger partial charge in [0.15, 0.2) is 9.84 Å². The highest BCUT2D eigenvalue weighted by atomic mass is 32.2. The van der Waals surface area contributed by atoms with E-state index in [0.717, 1.165) is 0 Å². The smallest absolute Gasteiger partial charge is 0.152 e. The molecule has 1 saturated heterocycles. The number of sulfone groups is 1. The van der Waals surface area contributed by atoms with E-state index < -0.39 is 15.3 Å². The second-order valence-electron chi connectivity index (χ2n) is 3.49. The van der Waals surface area contributed by atoms with Gasteiger partial charge in [0, 0.05) is 6.54 Å². The maximum atomic E-state index is 11.1. The molecular weight excluding hydrogens is 190 g/mol. The topological polar surface area (TPSA) is 73.3 Å². The summed E-state index contributed by atoms with van der Waals surface area (Å²) in [5, 5.41) is 0. The standard InChI is InChI=1S/C8H11NO3S/c9-4-8(5-13(10,11)6-8)7-2-1-3-12-7/h1-3H,4-6,9H2. The van der Waals surface area contributed by atoms with E-state index >= 15 is 0 Å². The molecule has 0 saturated carbocycles. The van der Waals surface area contributed by atoms with Crippen LogP contribution >= 0.6 is 0 Å². The number of nitrogens with two attached hydrogens (primary N) is 1. The first-order chi connectivity index (χ1) is 6.08. The first-order valence-corrected chi connectivity index (χ1v) is 5.85. The predicted octanol–water partition coefficient (Wildman–Crippen LogP) is -0.0955. The van der Waals surface area contributed by atoms with Crippen molar-refractivity contribution in [1.29, 1.82) is 0 Å². The number of furan rings is 1. The Bertz CT molecular complexity index is 381. The lowest BCUT2D eigenvalue weighted by Crippen LogP contribution is -2.56. The summed E-state index contributed by atoms with van der Waals surface area (Å²) in [6.45, 7) is 0.319. The zero-order valence-corrected chi connectivity index (χ0v) is 7.88. The van der Waals surface area contributed by atoms with Crippen molar-refractivity contribution < 1.29 is 12.8 Å². The van der Waals surface area contributed by atoms with Gasteiger partial charge in [-0.1, -0.05) is 0 Å². The van der Waals surface area contributed by atoms with Crippen molar-refractivity contribution in [2.24, 2.45) is 5.73 Å². The van der Waals surface area contributed by atoms with E-state index in [4.69, 9.17) is 10.2 Å². The molecule has 0 radical (unpaired) electrons. The van der Waals surface area contributed by atoms with E-state index in [0.29, 0.717) is 12.3 Å². The number of hydrogen-bond acceptors (Lipinski definition) is 4. The van der Waals surface area contributed by atoms with Crippen LogP contribution in [0, 0.1) is 0 Å². The van der Waals surface area contributed by atoms with Gasteiger partial charge in [0.05, 0.1) is 23.2 Å². The van der Waals surface area contributed by atoms with Crippen molar-refractivity contribution in [2.75, 3.05) is 18.1 Å². The quantitative estimate of drug-likeness (QED) is 0.725. The average Bonchev–Trinajstić information content (AvgIpc) is 2.51. The Morgan fingerprint density at radius 1 is 1.54 bits per heavy atom. The molecule has 1 fully saturated rings. The fourth-order valence-electron chi connectivity index (χ4n) is 1.74. The van der Waals surface area contributed by atoms with Crippen molar-refractivity contribution >= 4 is 9.84 Å². The average molecular weight is 201 g/mol. The minimum absolute atomic E-state index is 0.115. The zero-order valence-electron chi connectivity index (χ0n) is 7.06. The van der Waals surface area contributed by atoms with Crippen LogP contribution in [0.25, 0.3) is 0 Å². The zero-order chi connectivity index (χ0) is 9.53. The van der Waals surface area contributed by atoms with Crippen LogP contribution in [0.5, 0.6) is 0 Å². The SMILES string of the molecule is NCC1(c2ccco2)CS(=O)(=O)C1. The van der Waals surface area contributed by atoms with Gasteiger partial charge in [-0.15, -0.1) is 0 Å². The third-order valence-electron chi connectivity index (χ3n) is 2.43. The summed E-state index contributed by atoms with van der Waals surface area (Å²) < 4.78 is 27.3. The van der Waals surface area contributed by atoms with Crippen LogP contribution < -0.4 is 5.73 Å². The molecule has 1 aliphatic rings. The second kappa shape index (κ2) is 2.59. The van der Waals surface area contributed by atoms with Crippen molar-refractivity contribution in [2.45, 2.75) is 5.41 Å². The molecule has 1 aromatic rings. The Kier molecular flexibility index (Phi) is 1.75. The highest BCUT2D eigenvalue weighted by Gasteiger charge is 2.50. The molecule has 2 N–H and O–H groups in total. The van der Waals surface area contributed by atoms with Gasteiger partial charge in [0.1, 0.15) is 5.76 Å². The molecule has 1 aliphatic heterocycles. The molecular formula is C8H11NO3S. The molecule has 0 aromatic carbocycles. The third-order valence-corrected chi connectivity index (χ3v) is 4.41. The van der Waals surface area contributed by atoms with Crippen molar-refractivity contribution in [1.82, 2.24) is 0 Å². The summed E-state index contributed by atoms with van der Waals surface area (Å²) >= 11 is 0. The van der Waals surface area contributed by atoms with Crippen LogP contribution in [0.1, 0.15) is 5.76 Å². The molecule has 0 spiro atoms. The van der Waals surface area contributed by atoms with Gasteiger partial charge in [-0.3, -0.25) is 0 Å².